The smallest absolute Gasteiger partial charge is 0.128 e. The van der Waals surface area contributed by atoms with Crippen LogP contribution in [0.1, 0.15) is 17.1 Å². The second-order valence-electron chi connectivity index (χ2n) is 4.02. The molecule has 3 nitrogen and oxygen atoms in total. The third-order valence-corrected chi connectivity index (χ3v) is 2.85. The molecule has 0 atom stereocenters. The molecule has 0 saturated heterocycles. The van der Waals surface area contributed by atoms with Crippen LogP contribution in [0, 0.1) is 6.92 Å². The topological polar surface area (TPSA) is 29.3 Å². The largest absolute Gasteiger partial charge is 0.464 e. The van der Waals surface area contributed by atoms with Crippen LogP contribution in [0.4, 0.5) is 5.82 Å². The number of halogens is 1. The Bertz CT molecular complexity index is 496. The molecule has 0 aromatic carbocycles. The van der Waals surface area contributed by atoms with Crippen molar-refractivity contribution in [3.63, 3.8) is 0 Å². The number of rotatable bonds is 4. The molecule has 0 aliphatic carbocycles. The van der Waals surface area contributed by atoms with Crippen molar-refractivity contribution in [1.82, 2.24) is 4.98 Å². The van der Waals surface area contributed by atoms with Crippen LogP contribution in [0.2, 0.25) is 0 Å². The number of anilines is 1. The number of pyridine rings is 1. The summed E-state index contributed by atoms with van der Waals surface area (Å²) < 4.78 is 5.54. The van der Waals surface area contributed by atoms with Crippen molar-refractivity contribution in [3.8, 4) is 0 Å². The van der Waals surface area contributed by atoms with E-state index in [9.17, 15) is 0 Å². The first kappa shape index (κ1) is 12.0. The third kappa shape index (κ3) is 3.01. The molecular formula is C13H15ClN2O. The van der Waals surface area contributed by atoms with Gasteiger partial charge < -0.3 is 9.32 Å². The van der Waals surface area contributed by atoms with E-state index in [1.807, 2.05) is 43.1 Å². The summed E-state index contributed by atoms with van der Waals surface area (Å²) in [4.78, 5) is 6.35. The predicted molar refractivity (Wildman–Crippen MR) is 69.3 cm³/mol. The van der Waals surface area contributed by atoms with Crippen LogP contribution < -0.4 is 4.90 Å². The normalized spacial score (nSPS) is 10.5. The first-order chi connectivity index (χ1) is 8.19. The summed E-state index contributed by atoms with van der Waals surface area (Å²) in [6.45, 7) is 2.64. The van der Waals surface area contributed by atoms with Gasteiger partial charge in [0.25, 0.3) is 0 Å². The molecule has 0 radical (unpaired) electrons. The summed E-state index contributed by atoms with van der Waals surface area (Å²) in [5.41, 5.74) is 1.07. The first-order valence-electron chi connectivity index (χ1n) is 5.46. The van der Waals surface area contributed by atoms with E-state index in [4.69, 9.17) is 16.0 Å². The van der Waals surface area contributed by atoms with Gasteiger partial charge in [0.1, 0.15) is 17.3 Å². The Kier molecular flexibility index (Phi) is 3.69. The van der Waals surface area contributed by atoms with Crippen molar-refractivity contribution >= 4 is 17.4 Å². The minimum Gasteiger partial charge on any atom is -0.464 e. The monoisotopic (exact) mass is 250 g/mol. The highest BCUT2D eigenvalue weighted by Gasteiger charge is 2.06. The molecule has 0 N–H and O–H groups in total. The number of alkyl halides is 1. The van der Waals surface area contributed by atoms with Gasteiger partial charge in [-0.15, -0.1) is 11.6 Å². The summed E-state index contributed by atoms with van der Waals surface area (Å²) in [6.07, 6.45) is 1.77. The molecule has 0 amide bonds. The van der Waals surface area contributed by atoms with Gasteiger partial charge in [0.15, 0.2) is 0 Å². The van der Waals surface area contributed by atoms with Crippen molar-refractivity contribution in [2.24, 2.45) is 0 Å². The molecule has 90 valence electrons. The number of aromatic nitrogens is 1. The van der Waals surface area contributed by atoms with E-state index >= 15 is 0 Å². The van der Waals surface area contributed by atoms with Gasteiger partial charge in [-0.05, 0) is 36.8 Å². The number of nitrogens with zero attached hydrogens (tertiary/aromatic N) is 2. The zero-order chi connectivity index (χ0) is 12.3. The van der Waals surface area contributed by atoms with Crippen molar-refractivity contribution in [1.29, 1.82) is 0 Å². The van der Waals surface area contributed by atoms with E-state index in [1.54, 1.807) is 6.20 Å². The lowest BCUT2D eigenvalue weighted by Gasteiger charge is -2.17. The molecule has 0 aliphatic heterocycles. The Morgan fingerprint density at radius 3 is 2.82 bits per heavy atom. The maximum Gasteiger partial charge on any atom is 0.128 e. The maximum atomic E-state index is 5.80. The summed E-state index contributed by atoms with van der Waals surface area (Å²) >= 11 is 5.80. The van der Waals surface area contributed by atoms with E-state index in [2.05, 4.69) is 4.98 Å². The molecule has 0 saturated carbocycles. The Morgan fingerprint density at radius 1 is 1.35 bits per heavy atom. The van der Waals surface area contributed by atoms with Gasteiger partial charge in [-0.3, -0.25) is 0 Å². The average molecular weight is 251 g/mol. The quantitative estimate of drug-likeness (QED) is 0.780. The molecule has 0 bridgehead atoms. The lowest BCUT2D eigenvalue weighted by molar-refractivity contribution is 0.481. The summed E-state index contributed by atoms with van der Waals surface area (Å²) in [5.74, 6) is 3.26. The van der Waals surface area contributed by atoms with Crippen LogP contribution in [0.5, 0.6) is 0 Å². The number of hydrogen-bond acceptors (Lipinski definition) is 3. The molecule has 2 aromatic rings. The molecule has 0 aliphatic rings. The molecule has 0 unspecified atom stereocenters. The van der Waals surface area contributed by atoms with E-state index in [0.717, 1.165) is 22.9 Å². The van der Waals surface area contributed by atoms with Crippen molar-refractivity contribution in [3.05, 3.63) is 47.5 Å². The van der Waals surface area contributed by atoms with Gasteiger partial charge in [0, 0.05) is 19.1 Å². The van der Waals surface area contributed by atoms with E-state index in [1.165, 1.54) is 0 Å². The first-order valence-corrected chi connectivity index (χ1v) is 6.00. The highest BCUT2D eigenvalue weighted by molar-refractivity contribution is 6.17. The van der Waals surface area contributed by atoms with Crippen LogP contribution in [-0.4, -0.2) is 12.0 Å². The van der Waals surface area contributed by atoms with Crippen molar-refractivity contribution < 1.29 is 4.42 Å². The van der Waals surface area contributed by atoms with Crippen LogP contribution in [0.3, 0.4) is 0 Å². The van der Waals surface area contributed by atoms with Gasteiger partial charge in [-0.1, -0.05) is 0 Å². The Hall–Kier alpha value is -1.48. The van der Waals surface area contributed by atoms with Crippen LogP contribution in [0.15, 0.2) is 34.9 Å². The second-order valence-corrected chi connectivity index (χ2v) is 4.29. The minimum absolute atomic E-state index is 0.503. The zero-order valence-electron chi connectivity index (χ0n) is 9.98. The highest BCUT2D eigenvalue weighted by Crippen LogP contribution is 2.16. The lowest BCUT2D eigenvalue weighted by Crippen LogP contribution is -2.17. The van der Waals surface area contributed by atoms with Crippen molar-refractivity contribution in [2.75, 3.05) is 11.9 Å². The van der Waals surface area contributed by atoms with Crippen molar-refractivity contribution in [2.45, 2.75) is 19.3 Å². The molecule has 17 heavy (non-hydrogen) atoms. The van der Waals surface area contributed by atoms with Gasteiger partial charge in [-0.2, -0.15) is 0 Å². The summed E-state index contributed by atoms with van der Waals surface area (Å²) in [7, 11) is 1.98. The molecule has 0 spiro atoms. The number of aryl methyl sites for hydroxylation is 1. The summed E-state index contributed by atoms with van der Waals surface area (Å²) in [6, 6.07) is 7.85. The van der Waals surface area contributed by atoms with Gasteiger partial charge in [0.2, 0.25) is 0 Å². The SMILES string of the molecule is Cc1ccc(CN(C)c2cc(CCl)ccn2)o1. The lowest BCUT2D eigenvalue weighted by atomic mass is 10.3. The number of furan rings is 1. The molecule has 2 aromatic heterocycles. The fourth-order valence-corrected chi connectivity index (χ4v) is 1.80. The third-order valence-electron chi connectivity index (χ3n) is 2.54. The van der Waals surface area contributed by atoms with E-state index in [-0.39, 0.29) is 0 Å². The van der Waals surface area contributed by atoms with Crippen LogP contribution >= 0.6 is 11.6 Å². The van der Waals surface area contributed by atoms with Gasteiger partial charge in [0.05, 0.1) is 6.54 Å². The van der Waals surface area contributed by atoms with Gasteiger partial charge >= 0.3 is 0 Å². The Labute approximate surface area is 106 Å². The van der Waals surface area contributed by atoms with E-state index < -0.39 is 0 Å². The molecule has 0 fully saturated rings. The molecular weight excluding hydrogens is 236 g/mol. The minimum atomic E-state index is 0.503. The van der Waals surface area contributed by atoms with Crippen LogP contribution in [0.25, 0.3) is 0 Å². The molecule has 2 rings (SSSR count). The fraction of sp³-hybridized carbons (Fsp3) is 0.308. The van der Waals surface area contributed by atoms with Gasteiger partial charge in [-0.25, -0.2) is 4.98 Å². The average Bonchev–Trinajstić information content (AvgIpc) is 2.75. The summed E-state index contributed by atoms with van der Waals surface area (Å²) in [5, 5.41) is 0. The number of hydrogen-bond donors (Lipinski definition) is 0. The fourth-order valence-electron chi connectivity index (χ4n) is 1.64. The zero-order valence-corrected chi connectivity index (χ0v) is 10.7. The highest BCUT2D eigenvalue weighted by atomic mass is 35.5. The standard InChI is InChI=1S/C13H15ClN2O/c1-10-3-4-12(17-10)9-16(2)13-7-11(8-14)5-6-15-13/h3-7H,8-9H2,1-2H3. The second kappa shape index (κ2) is 5.23. The molecule has 4 heteroatoms. The predicted octanol–water partition coefficient (Wildman–Crippen LogP) is 3.36. The Balaban J connectivity index is 2.11. The Morgan fingerprint density at radius 2 is 2.18 bits per heavy atom. The molecule has 2 heterocycles. The van der Waals surface area contributed by atoms with E-state index in [0.29, 0.717) is 12.4 Å². The van der Waals surface area contributed by atoms with Crippen LogP contribution in [-0.2, 0) is 12.4 Å². The maximum absolute atomic E-state index is 5.80.